The maximum absolute atomic E-state index is 14.6. The number of nitrogens with zero attached hydrogens (tertiary/aromatic N) is 5. The quantitative estimate of drug-likeness (QED) is 0.281. The van der Waals surface area contributed by atoms with Gasteiger partial charge in [0.1, 0.15) is 17.0 Å². The van der Waals surface area contributed by atoms with Gasteiger partial charge in [-0.2, -0.15) is 9.49 Å². The molecular formula is C33H36FN5O4. The first kappa shape index (κ1) is 27.6. The highest BCUT2D eigenvalue weighted by molar-refractivity contribution is 5.96. The first-order valence-corrected chi connectivity index (χ1v) is 14.9. The topological polar surface area (TPSA) is 82.0 Å². The number of halogens is 1. The van der Waals surface area contributed by atoms with E-state index in [-0.39, 0.29) is 23.5 Å². The molecule has 4 aromatic rings. The van der Waals surface area contributed by atoms with Crippen LogP contribution in [-0.4, -0.2) is 77.9 Å². The van der Waals surface area contributed by atoms with Crippen LogP contribution in [0.4, 0.5) is 4.39 Å². The van der Waals surface area contributed by atoms with Crippen LogP contribution < -0.4 is 14.2 Å². The molecule has 7 rings (SSSR count). The fourth-order valence-corrected chi connectivity index (χ4v) is 7.35. The van der Waals surface area contributed by atoms with Gasteiger partial charge in [0.2, 0.25) is 11.7 Å². The average Bonchev–Trinajstić information content (AvgIpc) is 3.39. The lowest BCUT2D eigenvalue weighted by molar-refractivity contribution is -0.154. The Balaban J connectivity index is 1.14. The van der Waals surface area contributed by atoms with Crippen LogP contribution in [0.15, 0.2) is 54.9 Å². The standard InChI is InChI=1S/C33H36FN5O4/c1-37-19-33(20-37)14-22(15-33)32(40)38-13-5-6-23(18-38)39-31-25(16-35-17-28(31)42-3)30(36-39)21-9-11-24(12-10-21)43-27-8-4-7-26(41-2)29(27)34/h4,7-12,16-17,22-23H,5-6,13-15,18-20H2,1-3H3. The Morgan fingerprint density at radius 2 is 1.74 bits per heavy atom. The summed E-state index contributed by atoms with van der Waals surface area (Å²) in [6.07, 6.45) is 7.38. The lowest BCUT2D eigenvalue weighted by atomic mass is 9.57. The zero-order chi connectivity index (χ0) is 29.7. The van der Waals surface area contributed by atoms with Crippen LogP contribution in [0.5, 0.6) is 23.0 Å². The fourth-order valence-electron chi connectivity index (χ4n) is 7.35. The van der Waals surface area contributed by atoms with Gasteiger partial charge >= 0.3 is 0 Å². The number of benzene rings is 2. The normalized spacial score (nSPS) is 20.1. The van der Waals surface area contributed by atoms with E-state index < -0.39 is 5.82 Å². The van der Waals surface area contributed by atoms with Gasteiger partial charge in [-0.25, -0.2) is 0 Å². The summed E-state index contributed by atoms with van der Waals surface area (Å²) in [6, 6.07) is 12.2. The van der Waals surface area contributed by atoms with Crippen molar-refractivity contribution in [2.24, 2.45) is 11.3 Å². The third kappa shape index (κ3) is 4.87. The van der Waals surface area contributed by atoms with E-state index in [2.05, 4.69) is 21.8 Å². The van der Waals surface area contributed by atoms with Crippen molar-refractivity contribution in [1.29, 1.82) is 0 Å². The van der Waals surface area contributed by atoms with Gasteiger partial charge < -0.3 is 24.0 Å². The number of likely N-dealkylation sites (tertiary alicyclic amines) is 2. The number of carbonyl (C=O) groups is 1. The van der Waals surface area contributed by atoms with Crippen molar-refractivity contribution in [2.45, 2.75) is 31.7 Å². The number of pyridine rings is 1. The lowest BCUT2D eigenvalue weighted by Crippen LogP contribution is -2.63. The monoisotopic (exact) mass is 585 g/mol. The summed E-state index contributed by atoms with van der Waals surface area (Å²) in [5, 5.41) is 5.97. The number of fused-ring (bicyclic) bond motifs is 1. The molecule has 2 aromatic carbocycles. The molecule has 0 radical (unpaired) electrons. The van der Waals surface area contributed by atoms with Gasteiger partial charge in [0, 0.05) is 43.9 Å². The summed E-state index contributed by atoms with van der Waals surface area (Å²) in [5.41, 5.74) is 2.87. The third-order valence-electron chi connectivity index (χ3n) is 9.27. The minimum absolute atomic E-state index is 0.0211. The molecule has 10 heteroatoms. The summed E-state index contributed by atoms with van der Waals surface area (Å²) < 4.78 is 33.3. The Bertz CT molecular complexity index is 1660. The van der Waals surface area contributed by atoms with Crippen molar-refractivity contribution in [3.8, 4) is 34.3 Å². The van der Waals surface area contributed by atoms with Crippen molar-refractivity contribution in [2.75, 3.05) is 47.4 Å². The Morgan fingerprint density at radius 1 is 1.00 bits per heavy atom. The summed E-state index contributed by atoms with van der Waals surface area (Å²) in [5.74, 6) is 1.22. The van der Waals surface area contributed by atoms with Crippen molar-refractivity contribution in [1.82, 2.24) is 24.6 Å². The van der Waals surface area contributed by atoms with Crippen LogP contribution >= 0.6 is 0 Å². The molecule has 4 heterocycles. The van der Waals surface area contributed by atoms with Crippen LogP contribution in [0, 0.1) is 17.2 Å². The second-order valence-electron chi connectivity index (χ2n) is 12.3. The Morgan fingerprint density at radius 3 is 2.47 bits per heavy atom. The van der Waals surface area contributed by atoms with Gasteiger partial charge in [0.05, 0.1) is 31.8 Å². The number of ether oxygens (including phenoxy) is 3. The van der Waals surface area contributed by atoms with E-state index in [1.54, 1.807) is 43.6 Å². The second kappa shape index (κ2) is 10.8. The van der Waals surface area contributed by atoms with E-state index in [0.29, 0.717) is 29.4 Å². The Kier molecular flexibility index (Phi) is 6.96. The predicted octanol–water partition coefficient (Wildman–Crippen LogP) is 5.55. The van der Waals surface area contributed by atoms with Crippen molar-refractivity contribution in [3.63, 3.8) is 0 Å². The predicted molar refractivity (Wildman–Crippen MR) is 160 cm³/mol. The minimum Gasteiger partial charge on any atom is -0.494 e. The number of methoxy groups -OCH3 is 2. The van der Waals surface area contributed by atoms with Gasteiger partial charge in [-0.15, -0.1) is 0 Å². The van der Waals surface area contributed by atoms with Crippen LogP contribution in [0.25, 0.3) is 22.2 Å². The molecule has 3 aliphatic rings. The van der Waals surface area contributed by atoms with Crippen molar-refractivity contribution < 1.29 is 23.4 Å². The van der Waals surface area contributed by atoms with E-state index in [1.165, 1.54) is 7.11 Å². The van der Waals surface area contributed by atoms with Crippen LogP contribution in [-0.2, 0) is 4.79 Å². The van der Waals surface area contributed by atoms with E-state index in [9.17, 15) is 9.18 Å². The molecule has 1 amide bonds. The lowest BCUT2D eigenvalue weighted by Gasteiger charge is -2.58. The molecule has 2 aromatic heterocycles. The summed E-state index contributed by atoms with van der Waals surface area (Å²) in [6.45, 7) is 3.64. The van der Waals surface area contributed by atoms with Gasteiger partial charge in [0.15, 0.2) is 17.2 Å². The molecular weight excluding hydrogens is 549 g/mol. The molecule has 0 bridgehead atoms. The number of rotatable bonds is 7. The number of aromatic nitrogens is 3. The van der Waals surface area contributed by atoms with Crippen LogP contribution in [0.1, 0.15) is 31.7 Å². The fraction of sp³-hybridized carbons (Fsp3) is 0.424. The van der Waals surface area contributed by atoms with Gasteiger partial charge in [0.25, 0.3) is 0 Å². The minimum atomic E-state index is -0.551. The van der Waals surface area contributed by atoms with E-state index in [0.717, 1.165) is 67.5 Å². The maximum atomic E-state index is 14.6. The third-order valence-corrected chi connectivity index (χ3v) is 9.27. The van der Waals surface area contributed by atoms with Gasteiger partial charge in [-0.1, -0.05) is 6.07 Å². The number of carbonyl (C=O) groups excluding carboxylic acids is 1. The molecule has 1 saturated carbocycles. The van der Waals surface area contributed by atoms with Gasteiger partial charge in [-0.3, -0.25) is 14.5 Å². The summed E-state index contributed by atoms with van der Waals surface area (Å²) in [7, 11) is 5.20. The molecule has 2 saturated heterocycles. The summed E-state index contributed by atoms with van der Waals surface area (Å²) in [4.78, 5) is 22.3. The van der Waals surface area contributed by atoms with Crippen molar-refractivity contribution >= 4 is 16.8 Å². The van der Waals surface area contributed by atoms with Gasteiger partial charge in [-0.05, 0) is 74.5 Å². The smallest absolute Gasteiger partial charge is 0.225 e. The molecule has 1 aliphatic carbocycles. The molecule has 43 heavy (non-hydrogen) atoms. The highest BCUT2D eigenvalue weighted by Gasteiger charge is 2.54. The number of piperidine rings is 1. The van der Waals surface area contributed by atoms with Crippen LogP contribution in [0.2, 0.25) is 0 Å². The number of hydrogen-bond donors (Lipinski definition) is 0. The molecule has 1 spiro atoms. The second-order valence-corrected chi connectivity index (χ2v) is 12.3. The molecule has 1 atom stereocenters. The van der Waals surface area contributed by atoms with Crippen LogP contribution in [0.3, 0.4) is 0 Å². The Hall–Kier alpha value is -4.18. The first-order chi connectivity index (χ1) is 20.9. The van der Waals surface area contributed by atoms with E-state index >= 15 is 0 Å². The summed E-state index contributed by atoms with van der Waals surface area (Å²) >= 11 is 0. The molecule has 9 nitrogen and oxygen atoms in total. The first-order valence-electron chi connectivity index (χ1n) is 14.9. The highest BCUT2D eigenvalue weighted by Crippen LogP contribution is 2.52. The van der Waals surface area contributed by atoms with E-state index in [1.807, 2.05) is 23.0 Å². The maximum Gasteiger partial charge on any atom is 0.225 e. The molecule has 3 fully saturated rings. The largest absolute Gasteiger partial charge is 0.494 e. The average molecular weight is 586 g/mol. The highest BCUT2D eigenvalue weighted by atomic mass is 19.1. The SMILES string of the molecule is COc1cccc(Oc2ccc(-c3nn(C4CCCN(C(=O)C5CC6(C5)CN(C)C6)C4)c4c(OC)cncc34)cc2)c1F. The molecule has 224 valence electrons. The molecule has 2 aliphatic heterocycles. The van der Waals surface area contributed by atoms with E-state index in [4.69, 9.17) is 19.3 Å². The zero-order valence-corrected chi connectivity index (χ0v) is 24.8. The Labute approximate surface area is 250 Å². The number of hydrogen-bond acceptors (Lipinski definition) is 7. The molecule has 0 N–H and O–H groups in total. The molecule has 1 unspecified atom stereocenters. The van der Waals surface area contributed by atoms with Crippen molar-refractivity contribution in [3.05, 3.63) is 60.7 Å². The number of amides is 1. The zero-order valence-electron chi connectivity index (χ0n) is 24.8.